The summed E-state index contributed by atoms with van der Waals surface area (Å²) in [5.74, 6) is 0.866. The first kappa shape index (κ1) is 18.9. The largest absolute Gasteiger partial charge is 0.351 e. The van der Waals surface area contributed by atoms with Crippen molar-refractivity contribution in [2.45, 2.75) is 51.6 Å². The molecule has 2 aliphatic rings. The molecule has 2 aromatic rings. The SMILES string of the molecule is CCCCNCC(=O)N1CCc2nc(NC3Cc4ccccc4C3)ncc2C1. The Morgan fingerprint density at radius 3 is 2.75 bits per heavy atom. The van der Waals surface area contributed by atoms with Crippen LogP contribution in [-0.2, 0) is 30.6 Å². The summed E-state index contributed by atoms with van der Waals surface area (Å²) in [6.07, 6.45) is 6.95. The Balaban J connectivity index is 1.32. The van der Waals surface area contributed by atoms with Crippen LogP contribution in [0.3, 0.4) is 0 Å². The second-order valence-corrected chi connectivity index (χ2v) is 7.78. The summed E-state index contributed by atoms with van der Waals surface area (Å²) in [7, 11) is 0. The van der Waals surface area contributed by atoms with E-state index in [1.165, 1.54) is 11.1 Å². The third-order valence-electron chi connectivity index (χ3n) is 5.65. The third kappa shape index (κ3) is 4.33. The fourth-order valence-corrected chi connectivity index (χ4v) is 4.05. The van der Waals surface area contributed by atoms with E-state index < -0.39 is 0 Å². The average Bonchev–Trinajstić information content (AvgIpc) is 3.13. The first-order valence-electron chi connectivity index (χ1n) is 10.4. The highest BCUT2D eigenvalue weighted by atomic mass is 16.2. The number of aromatic nitrogens is 2. The molecule has 6 heteroatoms. The van der Waals surface area contributed by atoms with E-state index in [2.05, 4.69) is 46.8 Å². The number of anilines is 1. The van der Waals surface area contributed by atoms with Crippen LogP contribution >= 0.6 is 0 Å². The predicted octanol–water partition coefficient (Wildman–Crippen LogP) is 2.33. The number of carbonyl (C=O) groups is 1. The van der Waals surface area contributed by atoms with E-state index in [1.54, 1.807) is 0 Å². The highest BCUT2D eigenvalue weighted by molar-refractivity contribution is 5.78. The van der Waals surface area contributed by atoms with Crippen molar-refractivity contribution < 1.29 is 4.79 Å². The Morgan fingerprint density at radius 1 is 1.21 bits per heavy atom. The van der Waals surface area contributed by atoms with E-state index in [9.17, 15) is 4.79 Å². The molecule has 1 aliphatic carbocycles. The molecular formula is C22H29N5O. The lowest BCUT2D eigenvalue weighted by molar-refractivity contribution is -0.131. The maximum absolute atomic E-state index is 12.4. The highest BCUT2D eigenvalue weighted by Gasteiger charge is 2.24. The smallest absolute Gasteiger partial charge is 0.236 e. The lowest BCUT2D eigenvalue weighted by Gasteiger charge is -2.28. The molecule has 0 spiro atoms. The maximum Gasteiger partial charge on any atom is 0.236 e. The van der Waals surface area contributed by atoms with Crippen LogP contribution in [-0.4, -0.2) is 46.5 Å². The van der Waals surface area contributed by atoms with Gasteiger partial charge in [-0.25, -0.2) is 9.97 Å². The van der Waals surface area contributed by atoms with Gasteiger partial charge in [-0.2, -0.15) is 0 Å². The van der Waals surface area contributed by atoms with E-state index in [4.69, 9.17) is 4.98 Å². The standard InChI is InChI=1S/C22H29N5O/c1-2-3-9-23-14-21(28)27-10-8-20-18(15-27)13-24-22(26-20)25-19-11-16-6-4-5-7-17(16)12-19/h4-7,13,19,23H,2-3,8-12,14-15H2,1H3,(H,24,25,26). The van der Waals surface area contributed by atoms with Crippen LogP contribution in [0.4, 0.5) is 5.95 Å². The van der Waals surface area contributed by atoms with Crippen molar-refractivity contribution in [3.63, 3.8) is 0 Å². The number of benzene rings is 1. The molecule has 0 unspecified atom stereocenters. The quantitative estimate of drug-likeness (QED) is 0.723. The van der Waals surface area contributed by atoms with Crippen molar-refractivity contribution in [1.82, 2.24) is 20.2 Å². The highest BCUT2D eigenvalue weighted by Crippen LogP contribution is 2.24. The number of rotatable bonds is 7. The third-order valence-corrected chi connectivity index (χ3v) is 5.65. The molecule has 0 saturated carbocycles. The van der Waals surface area contributed by atoms with Gasteiger partial charge in [-0.3, -0.25) is 4.79 Å². The van der Waals surface area contributed by atoms with E-state index >= 15 is 0 Å². The van der Waals surface area contributed by atoms with E-state index in [1.807, 2.05) is 11.1 Å². The van der Waals surface area contributed by atoms with Crippen LogP contribution in [0.5, 0.6) is 0 Å². The zero-order chi connectivity index (χ0) is 19.3. The van der Waals surface area contributed by atoms with Crippen molar-refractivity contribution in [3.8, 4) is 0 Å². The molecule has 2 N–H and O–H groups in total. The van der Waals surface area contributed by atoms with E-state index in [-0.39, 0.29) is 5.91 Å². The zero-order valence-electron chi connectivity index (χ0n) is 16.6. The molecule has 148 valence electrons. The molecule has 1 aromatic heterocycles. The monoisotopic (exact) mass is 379 g/mol. The van der Waals surface area contributed by atoms with Gasteiger partial charge in [0, 0.05) is 37.3 Å². The lowest BCUT2D eigenvalue weighted by Crippen LogP contribution is -2.41. The average molecular weight is 380 g/mol. The number of nitrogens with zero attached hydrogens (tertiary/aromatic N) is 3. The fraction of sp³-hybridized carbons (Fsp3) is 0.500. The molecule has 0 saturated heterocycles. The van der Waals surface area contributed by atoms with Gasteiger partial charge in [0.15, 0.2) is 0 Å². The molecule has 0 bridgehead atoms. The van der Waals surface area contributed by atoms with Gasteiger partial charge < -0.3 is 15.5 Å². The Hall–Kier alpha value is -2.47. The zero-order valence-corrected chi connectivity index (χ0v) is 16.6. The molecule has 1 aromatic carbocycles. The van der Waals surface area contributed by atoms with Gasteiger partial charge in [-0.15, -0.1) is 0 Å². The Bertz CT molecular complexity index is 812. The molecule has 0 atom stereocenters. The Kier molecular flexibility index (Phi) is 5.86. The first-order valence-corrected chi connectivity index (χ1v) is 10.4. The first-order chi connectivity index (χ1) is 13.7. The number of hydrogen-bond acceptors (Lipinski definition) is 5. The summed E-state index contributed by atoms with van der Waals surface area (Å²) >= 11 is 0. The summed E-state index contributed by atoms with van der Waals surface area (Å²) in [4.78, 5) is 23.6. The molecule has 4 rings (SSSR count). The number of unbranched alkanes of at least 4 members (excludes halogenated alkanes) is 1. The second-order valence-electron chi connectivity index (χ2n) is 7.78. The van der Waals surface area contributed by atoms with Crippen molar-refractivity contribution >= 4 is 11.9 Å². The maximum atomic E-state index is 12.4. The molecule has 6 nitrogen and oxygen atoms in total. The van der Waals surface area contributed by atoms with Crippen LogP contribution in [0.25, 0.3) is 0 Å². The second kappa shape index (κ2) is 8.69. The normalized spacial score (nSPS) is 16.0. The number of fused-ring (bicyclic) bond motifs is 2. The van der Waals surface area contributed by atoms with Crippen molar-refractivity contribution in [3.05, 3.63) is 52.8 Å². The molecule has 28 heavy (non-hydrogen) atoms. The molecule has 0 fully saturated rings. The van der Waals surface area contributed by atoms with Gasteiger partial charge in [-0.05, 0) is 36.9 Å². The summed E-state index contributed by atoms with van der Waals surface area (Å²) in [5.41, 5.74) is 4.96. The summed E-state index contributed by atoms with van der Waals surface area (Å²) in [6.45, 7) is 4.80. The van der Waals surface area contributed by atoms with Crippen molar-refractivity contribution in [1.29, 1.82) is 0 Å². The van der Waals surface area contributed by atoms with Gasteiger partial charge in [-0.1, -0.05) is 37.6 Å². The van der Waals surface area contributed by atoms with Gasteiger partial charge >= 0.3 is 0 Å². The minimum Gasteiger partial charge on any atom is -0.351 e. The summed E-state index contributed by atoms with van der Waals surface area (Å²) in [5, 5.41) is 6.73. The molecule has 1 amide bonds. The topological polar surface area (TPSA) is 70.2 Å². The Labute approximate surface area is 166 Å². The molecule has 1 aliphatic heterocycles. The van der Waals surface area contributed by atoms with Crippen LogP contribution in [0, 0.1) is 0 Å². The number of carbonyl (C=O) groups excluding carboxylic acids is 1. The van der Waals surface area contributed by atoms with Gasteiger partial charge in [0.1, 0.15) is 0 Å². The van der Waals surface area contributed by atoms with Crippen molar-refractivity contribution in [2.75, 3.05) is 25.0 Å². The van der Waals surface area contributed by atoms with E-state index in [0.717, 1.165) is 56.5 Å². The predicted molar refractivity (Wildman–Crippen MR) is 110 cm³/mol. The van der Waals surface area contributed by atoms with Crippen LogP contribution in [0.1, 0.15) is 42.1 Å². The van der Waals surface area contributed by atoms with Crippen LogP contribution < -0.4 is 10.6 Å². The van der Waals surface area contributed by atoms with Gasteiger partial charge in [0.25, 0.3) is 0 Å². The van der Waals surface area contributed by atoms with Crippen LogP contribution in [0.2, 0.25) is 0 Å². The number of amides is 1. The van der Waals surface area contributed by atoms with Crippen LogP contribution in [0.15, 0.2) is 30.5 Å². The van der Waals surface area contributed by atoms with E-state index in [0.29, 0.717) is 25.1 Å². The molecule has 2 heterocycles. The van der Waals surface area contributed by atoms with Gasteiger partial charge in [0.05, 0.1) is 12.2 Å². The van der Waals surface area contributed by atoms with Gasteiger partial charge in [0.2, 0.25) is 11.9 Å². The fourth-order valence-electron chi connectivity index (χ4n) is 4.05. The Morgan fingerprint density at radius 2 is 2.00 bits per heavy atom. The summed E-state index contributed by atoms with van der Waals surface area (Å²) in [6, 6.07) is 8.96. The van der Waals surface area contributed by atoms with Crippen molar-refractivity contribution in [2.24, 2.45) is 0 Å². The number of nitrogens with one attached hydrogen (secondary N) is 2. The molecule has 0 radical (unpaired) electrons. The number of hydrogen-bond donors (Lipinski definition) is 2. The summed E-state index contributed by atoms with van der Waals surface area (Å²) < 4.78 is 0. The molecular weight excluding hydrogens is 350 g/mol. The minimum absolute atomic E-state index is 0.160. The lowest BCUT2D eigenvalue weighted by atomic mass is 10.1. The minimum atomic E-state index is 0.160.